The van der Waals surface area contributed by atoms with Crippen LogP contribution in [-0.4, -0.2) is 24.4 Å². The van der Waals surface area contributed by atoms with Crippen molar-refractivity contribution in [3.05, 3.63) is 58.6 Å². The predicted octanol–water partition coefficient (Wildman–Crippen LogP) is 3.10. The number of amides is 1. The fourth-order valence-corrected chi connectivity index (χ4v) is 2.40. The quantitative estimate of drug-likeness (QED) is 0.817. The summed E-state index contributed by atoms with van der Waals surface area (Å²) in [6, 6.07) is 15.2. The summed E-state index contributed by atoms with van der Waals surface area (Å²) in [5, 5.41) is 2.88. The van der Waals surface area contributed by atoms with Crippen LogP contribution < -0.4 is 11.1 Å². The Morgan fingerprint density at radius 1 is 1.24 bits per heavy atom. The van der Waals surface area contributed by atoms with E-state index in [1.165, 1.54) is 0 Å². The topological polar surface area (TPSA) is 58.4 Å². The Bertz CT molecular complexity index is 613. The molecule has 0 atom stereocenters. The first-order valence-electron chi connectivity index (χ1n) is 6.61. The molecule has 0 radical (unpaired) electrons. The van der Waals surface area contributed by atoms with Crippen LogP contribution in [0.4, 0.5) is 11.4 Å². The van der Waals surface area contributed by atoms with Gasteiger partial charge in [0.25, 0.3) is 0 Å². The van der Waals surface area contributed by atoms with Gasteiger partial charge in [0, 0.05) is 22.4 Å². The number of anilines is 2. The normalized spacial score (nSPS) is 10.6. The van der Waals surface area contributed by atoms with Crippen LogP contribution in [0.3, 0.4) is 0 Å². The summed E-state index contributed by atoms with van der Waals surface area (Å²) >= 11 is 3.38. The van der Waals surface area contributed by atoms with Gasteiger partial charge in [-0.1, -0.05) is 34.1 Å². The molecule has 0 spiro atoms. The zero-order valence-electron chi connectivity index (χ0n) is 11.8. The lowest BCUT2D eigenvalue weighted by molar-refractivity contribution is -0.117. The largest absolute Gasteiger partial charge is 0.399 e. The van der Waals surface area contributed by atoms with Crippen LogP contribution in [0.2, 0.25) is 0 Å². The fraction of sp³-hybridized carbons (Fsp3) is 0.188. The molecule has 0 aliphatic heterocycles. The van der Waals surface area contributed by atoms with E-state index in [4.69, 9.17) is 5.73 Å². The highest BCUT2D eigenvalue weighted by Crippen LogP contribution is 2.15. The molecule has 0 aromatic heterocycles. The monoisotopic (exact) mass is 347 g/mol. The number of benzene rings is 2. The Labute approximate surface area is 133 Å². The third-order valence-electron chi connectivity index (χ3n) is 2.95. The second kappa shape index (κ2) is 7.24. The first-order valence-corrected chi connectivity index (χ1v) is 7.40. The van der Waals surface area contributed by atoms with Gasteiger partial charge in [-0.3, -0.25) is 9.69 Å². The fourth-order valence-electron chi connectivity index (χ4n) is 2.00. The zero-order chi connectivity index (χ0) is 15.2. The summed E-state index contributed by atoms with van der Waals surface area (Å²) in [5.74, 6) is -0.0361. The van der Waals surface area contributed by atoms with E-state index in [1.807, 2.05) is 60.5 Å². The van der Waals surface area contributed by atoms with Gasteiger partial charge in [-0.05, 0) is 42.9 Å². The van der Waals surface area contributed by atoms with Crippen molar-refractivity contribution in [3.8, 4) is 0 Å². The van der Waals surface area contributed by atoms with Gasteiger partial charge in [0.2, 0.25) is 5.91 Å². The number of carbonyl (C=O) groups excluding carboxylic acids is 1. The van der Waals surface area contributed by atoms with E-state index in [1.54, 1.807) is 0 Å². The number of nitrogens with two attached hydrogens (primary N) is 1. The van der Waals surface area contributed by atoms with Gasteiger partial charge < -0.3 is 11.1 Å². The van der Waals surface area contributed by atoms with Crippen LogP contribution in [-0.2, 0) is 11.3 Å². The number of rotatable bonds is 5. The van der Waals surface area contributed by atoms with Crippen molar-refractivity contribution < 1.29 is 4.79 Å². The molecule has 0 aliphatic carbocycles. The third kappa shape index (κ3) is 5.21. The van der Waals surface area contributed by atoms with Gasteiger partial charge in [0.05, 0.1) is 6.54 Å². The molecule has 0 fully saturated rings. The van der Waals surface area contributed by atoms with Crippen molar-refractivity contribution in [1.29, 1.82) is 0 Å². The number of likely N-dealkylation sites (N-methyl/N-ethyl adjacent to an activating group) is 1. The molecule has 0 unspecified atom stereocenters. The summed E-state index contributed by atoms with van der Waals surface area (Å²) < 4.78 is 0.940. The average molecular weight is 348 g/mol. The second-order valence-corrected chi connectivity index (χ2v) is 5.89. The van der Waals surface area contributed by atoms with Crippen molar-refractivity contribution in [3.63, 3.8) is 0 Å². The molecule has 2 aromatic carbocycles. The number of hydrogen-bond donors (Lipinski definition) is 2. The van der Waals surface area contributed by atoms with E-state index in [2.05, 4.69) is 21.2 Å². The summed E-state index contributed by atoms with van der Waals surface area (Å²) in [7, 11) is 1.91. The minimum absolute atomic E-state index is 0.0361. The van der Waals surface area contributed by atoms with Gasteiger partial charge >= 0.3 is 0 Å². The van der Waals surface area contributed by atoms with E-state index < -0.39 is 0 Å². The lowest BCUT2D eigenvalue weighted by Gasteiger charge is -2.16. The van der Waals surface area contributed by atoms with Crippen molar-refractivity contribution in [2.45, 2.75) is 6.54 Å². The first-order chi connectivity index (χ1) is 10.0. The molecule has 21 heavy (non-hydrogen) atoms. The molecule has 3 N–H and O–H groups in total. The van der Waals surface area contributed by atoms with Crippen molar-refractivity contribution in [1.82, 2.24) is 4.90 Å². The summed E-state index contributed by atoms with van der Waals surface area (Å²) in [6.07, 6.45) is 0. The molecule has 0 aliphatic rings. The smallest absolute Gasteiger partial charge is 0.238 e. The molecular weight excluding hydrogens is 330 g/mol. The van der Waals surface area contributed by atoms with Crippen LogP contribution in [0.25, 0.3) is 0 Å². The van der Waals surface area contributed by atoms with Crippen LogP contribution in [0, 0.1) is 0 Å². The number of carbonyl (C=O) groups is 1. The molecule has 1 amide bonds. The number of nitrogen functional groups attached to an aromatic ring is 1. The predicted molar refractivity (Wildman–Crippen MR) is 90.0 cm³/mol. The summed E-state index contributed by atoms with van der Waals surface area (Å²) in [6.45, 7) is 1.03. The first kappa shape index (κ1) is 15.5. The molecule has 110 valence electrons. The molecule has 0 bridgehead atoms. The molecule has 0 saturated carbocycles. The summed E-state index contributed by atoms with van der Waals surface area (Å²) in [4.78, 5) is 13.9. The van der Waals surface area contributed by atoms with Crippen LogP contribution in [0.1, 0.15) is 5.56 Å². The average Bonchev–Trinajstić information content (AvgIpc) is 2.41. The standard InChI is InChI=1S/C16H18BrN3O/c1-20(10-12-5-7-14(18)8-6-12)11-16(21)19-15-4-2-3-13(17)9-15/h2-9H,10-11,18H2,1H3,(H,19,21). The minimum Gasteiger partial charge on any atom is -0.399 e. The van der Waals surface area contributed by atoms with Crippen LogP contribution >= 0.6 is 15.9 Å². The molecule has 0 heterocycles. The SMILES string of the molecule is CN(CC(=O)Nc1cccc(Br)c1)Cc1ccc(N)cc1. The number of nitrogens with one attached hydrogen (secondary N) is 1. The number of hydrogen-bond acceptors (Lipinski definition) is 3. The van der Waals surface area contributed by atoms with E-state index in [9.17, 15) is 4.79 Å². The second-order valence-electron chi connectivity index (χ2n) is 4.97. The molecule has 2 rings (SSSR count). The third-order valence-corrected chi connectivity index (χ3v) is 3.45. The van der Waals surface area contributed by atoms with E-state index in [0.717, 1.165) is 21.4 Å². The van der Waals surface area contributed by atoms with Gasteiger partial charge in [0.15, 0.2) is 0 Å². The van der Waals surface area contributed by atoms with Gasteiger partial charge in [-0.2, -0.15) is 0 Å². The Hall–Kier alpha value is -1.85. The molecular formula is C16H18BrN3O. The highest BCUT2D eigenvalue weighted by Gasteiger charge is 2.07. The van der Waals surface area contributed by atoms with Gasteiger partial charge in [0.1, 0.15) is 0 Å². The lowest BCUT2D eigenvalue weighted by atomic mass is 10.2. The maximum Gasteiger partial charge on any atom is 0.238 e. The van der Waals surface area contributed by atoms with E-state index in [0.29, 0.717) is 13.1 Å². The van der Waals surface area contributed by atoms with Gasteiger partial charge in [-0.25, -0.2) is 0 Å². The highest BCUT2D eigenvalue weighted by molar-refractivity contribution is 9.10. The van der Waals surface area contributed by atoms with E-state index in [-0.39, 0.29) is 5.91 Å². The van der Waals surface area contributed by atoms with E-state index >= 15 is 0 Å². The van der Waals surface area contributed by atoms with Crippen LogP contribution in [0.15, 0.2) is 53.0 Å². The zero-order valence-corrected chi connectivity index (χ0v) is 13.4. The Balaban J connectivity index is 1.86. The van der Waals surface area contributed by atoms with Gasteiger partial charge in [-0.15, -0.1) is 0 Å². The molecule has 5 heteroatoms. The van der Waals surface area contributed by atoms with Crippen molar-refractivity contribution in [2.75, 3.05) is 24.6 Å². The molecule has 0 saturated heterocycles. The number of nitrogens with zero attached hydrogens (tertiary/aromatic N) is 1. The Kier molecular flexibility index (Phi) is 5.36. The summed E-state index contributed by atoms with van der Waals surface area (Å²) in [5.41, 5.74) is 8.31. The Morgan fingerprint density at radius 2 is 1.95 bits per heavy atom. The molecule has 2 aromatic rings. The minimum atomic E-state index is -0.0361. The maximum absolute atomic E-state index is 12.0. The maximum atomic E-state index is 12.0. The highest BCUT2D eigenvalue weighted by atomic mass is 79.9. The number of halogens is 1. The Morgan fingerprint density at radius 3 is 2.62 bits per heavy atom. The lowest BCUT2D eigenvalue weighted by Crippen LogP contribution is -2.29. The van der Waals surface area contributed by atoms with Crippen molar-refractivity contribution in [2.24, 2.45) is 0 Å². The molecule has 4 nitrogen and oxygen atoms in total. The van der Waals surface area contributed by atoms with Crippen LogP contribution in [0.5, 0.6) is 0 Å². The van der Waals surface area contributed by atoms with Crippen molar-refractivity contribution >= 4 is 33.2 Å².